The van der Waals surface area contributed by atoms with E-state index >= 15 is 0 Å². The van der Waals surface area contributed by atoms with Gasteiger partial charge in [-0.2, -0.15) is 0 Å². The lowest BCUT2D eigenvalue weighted by molar-refractivity contribution is -0.118. The summed E-state index contributed by atoms with van der Waals surface area (Å²) in [4.78, 5) is 22.8. The fraction of sp³-hybridized carbons (Fsp3) is 0.429. The van der Waals surface area contributed by atoms with Crippen molar-refractivity contribution in [1.82, 2.24) is 0 Å². The zero-order chi connectivity index (χ0) is 14.2. The zero-order valence-corrected chi connectivity index (χ0v) is 11.6. The minimum Gasteiger partial charge on any atom is -0.478 e. The predicted octanol–water partition coefficient (Wildman–Crippen LogP) is 3.41. The molecule has 4 nitrogen and oxygen atoms in total. The molecule has 19 heavy (non-hydrogen) atoms. The first-order valence-electron chi connectivity index (χ1n) is 6.21. The third-order valence-corrected chi connectivity index (χ3v) is 4.26. The Morgan fingerprint density at radius 3 is 2.68 bits per heavy atom. The van der Waals surface area contributed by atoms with Crippen molar-refractivity contribution in [2.45, 2.75) is 26.7 Å². The molecule has 1 aromatic carbocycles. The summed E-state index contributed by atoms with van der Waals surface area (Å²) >= 11 is 5.85. The highest BCUT2D eigenvalue weighted by atomic mass is 35.5. The standard InChI is InChI=1S/C14H16ClNO3/c1-3-14(2)7-10(14)12(17)16-8-4-5-9(13(18)19)11(15)6-8/h4-6,10H,3,7H2,1-2H3,(H,16,17)(H,18,19). The molecule has 1 amide bonds. The van der Waals surface area contributed by atoms with Crippen LogP contribution in [0.25, 0.3) is 0 Å². The number of carbonyl (C=O) groups excluding carboxylic acids is 1. The number of carboxylic acids is 1. The Morgan fingerprint density at radius 1 is 1.53 bits per heavy atom. The van der Waals surface area contributed by atoms with E-state index in [9.17, 15) is 9.59 Å². The highest BCUT2D eigenvalue weighted by Crippen LogP contribution is 2.55. The van der Waals surface area contributed by atoms with E-state index in [0.29, 0.717) is 5.69 Å². The van der Waals surface area contributed by atoms with Gasteiger partial charge in [0.2, 0.25) is 5.91 Å². The Kier molecular flexibility index (Phi) is 3.54. The van der Waals surface area contributed by atoms with Crippen LogP contribution in [0, 0.1) is 11.3 Å². The van der Waals surface area contributed by atoms with E-state index in [0.717, 1.165) is 12.8 Å². The van der Waals surface area contributed by atoms with E-state index in [-0.39, 0.29) is 27.8 Å². The average Bonchev–Trinajstić information content (AvgIpc) is 3.02. The summed E-state index contributed by atoms with van der Waals surface area (Å²) in [7, 11) is 0. The summed E-state index contributed by atoms with van der Waals surface area (Å²) in [5.74, 6) is -1.07. The number of hydrogen-bond donors (Lipinski definition) is 2. The first-order valence-corrected chi connectivity index (χ1v) is 6.59. The van der Waals surface area contributed by atoms with Crippen LogP contribution in [0.5, 0.6) is 0 Å². The first kappa shape index (κ1) is 13.9. The normalized spacial score (nSPS) is 24.9. The lowest BCUT2D eigenvalue weighted by Crippen LogP contribution is -2.17. The molecule has 0 spiro atoms. The summed E-state index contributed by atoms with van der Waals surface area (Å²) in [6, 6.07) is 4.42. The Balaban J connectivity index is 2.07. The molecule has 0 heterocycles. The van der Waals surface area contributed by atoms with E-state index in [4.69, 9.17) is 16.7 Å². The van der Waals surface area contributed by atoms with E-state index in [1.165, 1.54) is 12.1 Å². The van der Waals surface area contributed by atoms with Crippen LogP contribution in [0.1, 0.15) is 37.0 Å². The van der Waals surface area contributed by atoms with Gasteiger partial charge in [-0.3, -0.25) is 4.79 Å². The molecule has 1 aliphatic carbocycles. The van der Waals surface area contributed by atoms with Crippen LogP contribution in [0.4, 0.5) is 5.69 Å². The molecule has 5 heteroatoms. The molecule has 2 unspecified atom stereocenters. The Morgan fingerprint density at radius 2 is 2.21 bits per heavy atom. The summed E-state index contributed by atoms with van der Waals surface area (Å²) in [6.45, 7) is 4.17. The number of benzene rings is 1. The van der Waals surface area contributed by atoms with Crippen LogP contribution >= 0.6 is 11.6 Å². The van der Waals surface area contributed by atoms with Gasteiger partial charge in [-0.05, 0) is 36.5 Å². The Bertz CT molecular complexity index is 543. The molecular weight excluding hydrogens is 266 g/mol. The van der Waals surface area contributed by atoms with Crippen molar-refractivity contribution in [2.24, 2.45) is 11.3 Å². The molecule has 2 N–H and O–H groups in total. The number of halogens is 1. The van der Waals surface area contributed by atoms with Crippen LogP contribution in [0.3, 0.4) is 0 Å². The number of hydrogen-bond acceptors (Lipinski definition) is 2. The molecule has 102 valence electrons. The maximum Gasteiger partial charge on any atom is 0.337 e. The van der Waals surface area contributed by atoms with Crippen molar-refractivity contribution in [3.63, 3.8) is 0 Å². The van der Waals surface area contributed by atoms with E-state index < -0.39 is 5.97 Å². The van der Waals surface area contributed by atoms with Gasteiger partial charge in [-0.15, -0.1) is 0 Å². The Labute approximate surface area is 116 Å². The number of carbonyl (C=O) groups is 2. The molecule has 1 fully saturated rings. The molecule has 1 saturated carbocycles. The molecule has 0 bridgehead atoms. The van der Waals surface area contributed by atoms with Gasteiger partial charge in [-0.25, -0.2) is 4.79 Å². The van der Waals surface area contributed by atoms with Gasteiger partial charge in [0.15, 0.2) is 0 Å². The number of rotatable bonds is 4. The average molecular weight is 282 g/mol. The molecule has 1 aromatic rings. The van der Waals surface area contributed by atoms with Crippen LogP contribution in [-0.2, 0) is 4.79 Å². The minimum absolute atomic E-state index is 0.0245. The summed E-state index contributed by atoms with van der Waals surface area (Å²) < 4.78 is 0. The van der Waals surface area contributed by atoms with Gasteiger partial charge in [0.05, 0.1) is 10.6 Å². The van der Waals surface area contributed by atoms with Crippen molar-refractivity contribution in [3.8, 4) is 0 Å². The Hall–Kier alpha value is -1.55. The van der Waals surface area contributed by atoms with Crippen molar-refractivity contribution < 1.29 is 14.7 Å². The second-order valence-electron chi connectivity index (χ2n) is 5.25. The van der Waals surface area contributed by atoms with Gasteiger partial charge >= 0.3 is 5.97 Å². The van der Waals surface area contributed by atoms with E-state index in [1.54, 1.807) is 6.07 Å². The second kappa shape index (κ2) is 4.85. The molecule has 2 rings (SSSR count). The maximum atomic E-state index is 12.0. The number of carboxylic acid groups (broad SMARTS) is 1. The smallest absolute Gasteiger partial charge is 0.337 e. The van der Waals surface area contributed by atoms with Gasteiger partial charge in [0.1, 0.15) is 0 Å². The first-order chi connectivity index (χ1) is 8.87. The van der Waals surface area contributed by atoms with Crippen LogP contribution in [0.15, 0.2) is 18.2 Å². The summed E-state index contributed by atoms with van der Waals surface area (Å²) in [6.07, 6.45) is 1.88. The topological polar surface area (TPSA) is 66.4 Å². The summed E-state index contributed by atoms with van der Waals surface area (Å²) in [5, 5.41) is 11.8. The minimum atomic E-state index is -1.08. The monoisotopic (exact) mass is 281 g/mol. The summed E-state index contributed by atoms with van der Waals surface area (Å²) in [5.41, 5.74) is 0.671. The van der Waals surface area contributed by atoms with Crippen molar-refractivity contribution in [1.29, 1.82) is 0 Å². The number of nitrogens with one attached hydrogen (secondary N) is 1. The molecule has 2 atom stereocenters. The van der Waals surface area contributed by atoms with Crippen LogP contribution < -0.4 is 5.32 Å². The third-order valence-electron chi connectivity index (χ3n) is 3.94. The molecule has 0 saturated heterocycles. The van der Waals surface area contributed by atoms with Crippen LogP contribution in [0.2, 0.25) is 5.02 Å². The van der Waals surface area contributed by atoms with E-state index in [2.05, 4.69) is 19.2 Å². The highest BCUT2D eigenvalue weighted by Gasteiger charge is 2.52. The SMILES string of the molecule is CCC1(C)CC1C(=O)Nc1ccc(C(=O)O)c(Cl)c1. The van der Waals surface area contributed by atoms with Gasteiger partial charge in [-0.1, -0.05) is 25.4 Å². The third kappa shape index (κ3) is 2.73. The number of anilines is 1. The van der Waals surface area contributed by atoms with Crippen molar-refractivity contribution in [2.75, 3.05) is 5.32 Å². The lowest BCUT2D eigenvalue weighted by atomic mass is 10.0. The van der Waals surface area contributed by atoms with Gasteiger partial charge in [0, 0.05) is 11.6 Å². The quantitative estimate of drug-likeness (QED) is 0.889. The molecule has 0 aromatic heterocycles. The van der Waals surface area contributed by atoms with Gasteiger partial charge in [0.25, 0.3) is 0 Å². The van der Waals surface area contributed by atoms with E-state index in [1.807, 2.05) is 0 Å². The molecule has 0 aliphatic heterocycles. The number of amides is 1. The lowest BCUT2D eigenvalue weighted by Gasteiger charge is -2.09. The van der Waals surface area contributed by atoms with Crippen molar-refractivity contribution in [3.05, 3.63) is 28.8 Å². The zero-order valence-electron chi connectivity index (χ0n) is 10.9. The molecular formula is C14H16ClNO3. The molecule has 0 radical (unpaired) electrons. The maximum absolute atomic E-state index is 12.0. The highest BCUT2D eigenvalue weighted by molar-refractivity contribution is 6.33. The second-order valence-corrected chi connectivity index (χ2v) is 5.66. The fourth-order valence-corrected chi connectivity index (χ4v) is 2.46. The molecule has 1 aliphatic rings. The van der Waals surface area contributed by atoms with Crippen molar-refractivity contribution >= 4 is 29.2 Å². The van der Waals surface area contributed by atoms with Gasteiger partial charge < -0.3 is 10.4 Å². The van der Waals surface area contributed by atoms with Crippen LogP contribution in [-0.4, -0.2) is 17.0 Å². The largest absolute Gasteiger partial charge is 0.478 e. The fourth-order valence-electron chi connectivity index (χ4n) is 2.20. The predicted molar refractivity (Wildman–Crippen MR) is 73.5 cm³/mol. The number of aromatic carboxylic acids is 1.